The zero-order valence-corrected chi connectivity index (χ0v) is 21.4. The Labute approximate surface area is 201 Å². The molecule has 1 amide bonds. The number of piperazine rings is 1. The van der Waals surface area contributed by atoms with E-state index < -0.39 is 41.9 Å². The Morgan fingerprint density at radius 2 is 1.59 bits per heavy atom. The number of ether oxygens (including phenoxy) is 1. The molecule has 0 aromatic heterocycles. The topological polar surface area (TPSA) is 101 Å². The number of sulfone groups is 2. The molecule has 2 aliphatic heterocycles. The van der Waals surface area contributed by atoms with E-state index in [-0.39, 0.29) is 9.79 Å². The number of hydrogen-bond acceptors (Lipinski definition) is 7. The van der Waals surface area contributed by atoms with E-state index in [1.54, 1.807) is 35.2 Å². The van der Waals surface area contributed by atoms with Crippen LogP contribution in [0.4, 0.5) is 10.5 Å². The zero-order chi connectivity index (χ0) is 24.9. The molecule has 2 aromatic carbocycles. The maximum Gasteiger partial charge on any atom is 0.410 e. The summed E-state index contributed by atoms with van der Waals surface area (Å²) in [6.45, 7) is 8.53. The Kier molecular flexibility index (Phi) is 6.18. The first-order chi connectivity index (χ1) is 15.8. The van der Waals surface area contributed by atoms with E-state index >= 15 is 0 Å². The Hall–Kier alpha value is -2.59. The molecule has 0 saturated carbocycles. The Bertz CT molecular complexity index is 1290. The quantitative estimate of drug-likeness (QED) is 0.629. The maximum absolute atomic E-state index is 13.7. The van der Waals surface area contributed by atoms with Crippen molar-refractivity contribution in [1.82, 2.24) is 4.90 Å². The second-order valence-electron chi connectivity index (χ2n) is 9.67. The smallest absolute Gasteiger partial charge is 0.410 e. The molecule has 2 atom stereocenters. The fraction of sp³-hybridized carbons (Fsp3) is 0.458. The fourth-order valence-corrected chi connectivity index (χ4v) is 9.07. The van der Waals surface area contributed by atoms with Crippen LogP contribution in [0, 0.1) is 0 Å². The predicted octanol–water partition coefficient (Wildman–Crippen LogP) is 3.43. The van der Waals surface area contributed by atoms with E-state index in [1.807, 2.05) is 25.7 Å². The summed E-state index contributed by atoms with van der Waals surface area (Å²) in [6, 6.07) is 12.9. The maximum atomic E-state index is 13.7. The molecule has 34 heavy (non-hydrogen) atoms. The van der Waals surface area contributed by atoms with Gasteiger partial charge >= 0.3 is 6.09 Å². The highest BCUT2D eigenvalue weighted by Gasteiger charge is 2.51. The fourth-order valence-electron chi connectivity index (χ4n) is 4.56. The summed E-state index contributed by atoms with van der Waals surface area (Å²) in [6.07, 6.45) is -0.397. The van der Waals surface area contributed by atoms with E-state index in [0.717, 1.165) is 0 Å². The first-order valence-corrected chi connectivity index (χ1v) is 14.3. The molecule has 0 radical (unpaired) electrons. The molecule has 0 bridgehead atoms. The summed E-state index contributed by atoms with van der Waals surface area (Å²) in [5.74, 6) is 0. The van der Waals surface area contributed by atoms with Crippen LogP contribution in [0.15, 0.2) is 58.3 Å². The van der Waals surface area contributed by atoms with E-state index in [4.69, 9.17) is 4.74 Å². The SMILES string of the molecule is CC1C(S(=O)(=O)c2ccccc2)c2c(N3CCN(C(=O)OC(C)(C)C)CC3)cccc2S1(=O)=O. The van der Waals surface area contributed by atoms with Gasteiger partial charge in [0.1, 0.15) is 10.9 Å². The van der Waals surface area contributed by atoms with Gasteiger partial charge in [-0.25, -0.2) is 21.6 Å². The van der Waals surface area contributed by atoms with Crippen LogP contribution in [0.1, 0.15) is 38.5 Å². The van der Waals surface area contributed by atoms with Gasteiger partial charge in [0.15, 0.2) is 19.7 Å². The third kappa shape index (κ3) is 4.29. The van der Waals surface area contributed by atoms with E-state index in [1.165, 1.54) is 25.1 Å². The lowest BCUT2D eigenvalue weighted by molar-refractivity contribution is 0.0240. The molecular weight excluding hydrogens is 476 g/mol. The van der Waals surface area contributed by atoms with Gasteiger partial charge in [-0.3, -0.25) is 0 Å². The molecule has 2 aromatic rings. The van der Waals surface area contributed by atoms with Gasteiger partial charge in [0.2, 0.25) is 0 Å². The number of amides is 1. The van der Waals surface area contributed by atoms with Gasteiger partial charge in [0.05, 0.1) is 15.0 Å². The number of fused-ring (bicyclic) bond motifs is 1. The van der Waals surface area contributed by atoms with E-state index in [2.05, 4.69) is 0 Å². The number of carbonyl (C=O) groups excluding carboxylic acids is 1. The largest absolute Gasteiger partial charge is 0.444 e. The van der Waals surface area contributed by atoms with Gasteiger partial charge in [0, 0.05) is 37.4 Å². The van der Waals surface area contributed by atoms with Crippen LogP contribution in [0.25, 0.3) is 0 Å². The lowest BCUT2D eigenvalue weighted by atomic mass is 10.1. The molecule has 8 nitrogen and oxygen atoms in total. The van der Waals surface area contributed by atoms with Gasteiger partial charge in [-0.1, -0.05) is 24.3 Å². The summed E-state index contributed by atoms with van der Waals surface area (Å²) in [5.41, 5.74) is 0.307. The first-order valence-electron chi connectivity index (χ1n) is 11.2. The summed E-state index contributed by atoms with van der Waals surface area (Å²) < 4.78 is 59.2. The van der Waals surface area contributed by atoms with Crippen LogP contribution in [0.5, 0.6) is 0 Å². The molecule has 2 heterocycles. The van der Waals surface area contributed by atoms with Gasteiger partial charge < -0.3 is 14.5 Å². The summed E-state index contributed by atoms with van der Waals surface area (Å²) in [5, 5.41) is -2.33. The number of carbonyl (C=O) groups is 1. The van der Waals surface area contributed by atoms with Gasteiger partial charge in [0.25, 0.3) is 0 Å². The van der Waals surface area contributed by atoms with Crippen LogP contribution in [-0.2, 0) is 24.4 Å². The van der Waals surface area contributed by atoms with E-state index in [9.17, 15) is 21.6 Å². The molecule has 1 fully saturated rings. The van der Waals surface area contributed by atoms with Crippen LogP contribution in [-0.4, -0.2) is 64.9 Å². The summed E-state index contributed by atoms with van der Waals surface area (Å²) >= 11 is 0. The second-order valence-corrected chi connectivity index (χ2v) is 14.0. The van der Waals surface area contributed by atoms with Crippen molar-refractivity contribution in [2.24, 2.45) is 0 Å². The van der Waals surface area contributed by atoms with Crippen LogP contribution < -0.4 is 4.90 Å². The lowest BCUT2D eigenvalue weighted by Crippen LogP contribution is -2.50. The third-order valence-corrected chi connectivity index (χ3v) is 10.9. The molecule has 2 unspecified atom stereocenters. The van der Waals surface area contributed by atoms with Crippen molar-refractivity contribution in [3.05, 3.63) is 54.1 Å². The minimum Gasteiger partial charge on any atom is -0.444 e. The third-order valence-electron chi connectivity index (χ3n) is 6.23. The number of anilines is 1. The van der Waals surface area contributed by atoms with E-state index in [0.29, 0.717) is 37.4 Å². The van der Waals surface area contributed by atoms with Crippen molar-refractivity contribution in [2.45, 2.75) is 53.6 Å². The highest BCUT2D eigenvalue weighted by atomic mass is 32.2. The monoisotopic (exact) mass is 506 g/mol. The van der Waals surface area contributed by atoms with Gasteiger partial charge in [-0.05, 0) is 52.0 Å². The summed E-state index contributed by atoms with van der Waals surface area (Å²) in [7, 11) is -7.79. The van der Waals surface area contributed by atoms with Crippen molar-refractivity contribution in [1.29, 1.82) is 0 Å². The standard InChI is InChI=1S/C24H30N2O6S2/c1-17-22(34(30,31)18-9-6-5-7-10-18)21-19(11-8-12-20(21)33(17,28)29)25-13-15-26(16-14-25)23(27)32-24(2,3)4/h5-12,17,22H,13-16H2,1-4H3. The minimum absolute atomic E-state index is 0.0663. The molecular formula is C24H30N2O6S2. The van der Waals surface area contributed by atoms with Crippen LogP contribution in [0.3, 0.4) is 0 Å². The highest BCUT2D eigenvalue weighted by molar-refractivity contribution is 7.96. The molecule has 2 aliphatic rings. The van der Waals surface area contributed by atoms with Crippen molar-refractivity contribution in [3.63, 3.8) is 0 Å². The number of nitrogens with zero attached hydrogens (tertiary/aromatic N) is 2. The van der Waals surface area contributed by atoms with Crippen molar-refractivity contribution in [2.75, 3.05) is 31.1 Å². The molecule has 4 rings (SSSR count). The molecule has 1 saturated heterocycles. The molecule has 0 N–H and O–H groups in total. The second kappa shape index (κ2) is 8.57. The number of benzene rings is 2. The van der Waals surface area contributed by atoms with Crippen LogP contribution >= 0.6 is 0 Å². The summed E-state index contributed by atoms with van der Waals surface area (Å²) in [4.78, 5) is 16.2. The highest BCUT2D eigenvalue weighted by Crippen LogP contribution is 2.49. The lowest BCUT2D eigenvalue weighted by Gasteiger charge is -2.37. The Balaban J connectivity index is 1.70. The Morgan fingerprint density at radius 1 is 0.971 bits per heavy atom. The average Bonchev–Trinajstić information content (AvgIpc) is 2.99. The number of rotatable bonds is 3. The van der Waals surface area contributed by atoms with Gasteiger partial charge in [-0.15, -0.1) is 0 Å². The first kappa shape index (κ1) is 24.5. The van der Waals surface area contributed by atoms with Gasteiger partial charge in [-0.2, -0.15) is 0 Å². The van der Waals surface area contributed by atoms with Crippen molar-refractivity contribution < 1.29 is 26.4 Å². The van der Waals surface area contributed by atoms with Crippen molar-refractivity contribution in [3.8, 4) is 0 Å². The normalized spacial score (nSPS) is 22.4. The average molecular weight is 507 g/mol. The number of hydrogen-bond donors (Lipinski definition) is 0. The molecule has 0 aliphatic carbocycles. The molecule has 184 valence electrons. The van der Waals surface area contributed by atoms with Crippen LogP contribution in [0.2, 0.25) is 0 Å². The minimum atomic E-state index is -3.97. The predicted molar refractivity (Wildman–Crippen MR) is 129 cm³/mol. The Morgan fingerprint density at radius 3 is 2.18 bits per heavy atom. The molecule has 10 heteroatoms. The van der Waals surface area contributed by atoms with Crippen molar-refractivity contribution >= 4 is 31.5 Å². The molecule has 0 spiro atoms. The zero-order valence-electron chi connectivity index (χ0n) is 19.8.